The normalized spacial score (nSPS) is 18.8. The number of allylic oxidation sites excluding steroid dienone is 2. The van der Waals surface area contributed by atoms with Gasteiger partial charge in [0.05, 0.1) is 6.61 Å². The zero-order chi connectivity index (χ0) is 19.9. The number of rotatable bonds is 8. The fraction of sp³-hybridized carbons (Fsp3) is 0.556. The van der Waals surface area contributed by atoms with Gasteiger partial charge in [-0.05, 0) is 74.4 Å². The predicted molar refractivity (Wildman–Crippen MR) is 120 cm³/mol. The fourth-order valence-electron chi connectivity index (χ4n) is 3.73. The van der Waals surface area contributed by atoms with Crippen LogP contribution >= 0.6 is 0 Å². The van der Waals surface area contributed by atoms with Gasteiger partial charge in [0.25, 0.3) is 0 Å². The minimum atomic E-state index is 0.584. The van der Waals surface area contributed by atoms with E-state index in [1.807, 2.05) is 36.4 Å². The van der Waals surface area contributed by atoms with Crippen molar-refractivity contribution in [2.24, 2.45) is 11.8 Å². The van der Waals surface area contributed by atoms with Crippen molar-refractivity contribution in [1.29, 1.82) is 0 Å². The summed E-state index contributed by atoms with van der Waals surface area (Å²) in [6.45, 7) is 5.31. The summed E-state index contributed by atoms with van der Waals surface area (Å²) in [5.74, 6) is 15.3. The molecule has 2 rings (SSSR count). The van der Waals surface area contributed by atoms with Crippen LogP contribution in [0.1, 0.15) is 83.6 Å². The molecule has 0 atom stereocenters. The Kier molecular flexibility index (Phi) is 11.1. The van der Waals surface area contributed by atoms with E-state index < -0.39 is 0 Å². The van der Waals surface area contributed by atoms with Crippen molar-refractivity contribution < 1.29 is 4.74 Å². The molecule has 1 nitrogen and oxygen atoms in total. The van der Waals surface area contributed by atoms with Crippen LogP contribution in [0.25, 0.3) is 0 Å². The minimum absolute atomic E-state index is 0.584. The van der Waals surface area contributed by atoms with Crippen molar-refractivity contribution in [3.8, 4) is 29.4 Å². The zero-order valence-corrected chi connectivity index (χ0v) is 17.8. The van der Waals surface area contributed by atoms with Gasteiger partial charge in [0, 0.05) is 11.5 Å². The first-order chi connectivity index (χ1) is 13.8. The van der Waals surface area contributed by atoms with Gasteiger partial charge in [-0.25, -0.2) is 0 Å². The van der Waals surface area contributed by atoms with E-state index in [0.717, 1.165) is 30.3 Å². The molecule has 0 bridgehead atoms. The van der Waals surface area contributed by atoms with Gasteiger partial charge in [0.2, 0.25) is 0 Å². The molecule has 0 spiro atoms. The predicted octanol–water partition coefficient (Wildman–Crippen LogP) is 7.16. The Morgan fingerprint density at radius 3 is 2.36 bits per heavy atom. The molecular weight excluding hydrogens is 340 g/mol. The van der Waals surface area contributed by atoms with Crippen LogP contribution in [0.3, 0.4) is 0 Å². The number of hydrogen-bond donors (Lipinski definition) is 0. The van der Waals surface area contributed by atoms with Gasteiger partial charge in [-0.1, -0.05) is 69.6 Å². The Morgan fingerprint density at radius 2 is 1.64 bits per heavy atom. The Morgan fingerprint density at radius 1 is 0.893 bits per heavy atom. The quantitative estimate of drug-likeness (QED) is 0.345. The molecule has 1 fully saturated rings. The summed E-state index contributed by atoms with van der Waals surface area (Å²) < 4.78 is 5.76. The molecule has 1 aliphatic carbocycles. The molecule has 1 saturated carbocycles. The molecule has 150 valence electrons. The van der Waals surface area contributed by atoms with Gasteiger partial charge < -0.3 is 4.74 Å². The number of benzene rings is 1. The molecule has 1 aliphatic rings. The van der Waals surface area contributed by atoms with E-state index in [4.69, 9.17) is 4.74 Å². The van der Waals surface area contributed by atoms with E-state index in [0.29, 0.717) is 5.92 Å². The van der Waals surface area contributed by atoms with Crippen molar-refractivity contribution in [2.45, 2.75) is 78.1 Å². The highest BCUT2D eigenvalue weighted by atomic mass is 16.5. The molecule has 28 heavy (non-hydrogen) atoms. The van der Waals surface area contributed by atoms with Crippen LogP contribution in [0.5, 0.6) is 5.75 Å². The molecule has 0 amide bonds. The largest absolute Gasteiger partial charge is 0.494 e. The standard InChI is InChI=1S/C27H36O/c1-3-5-6-11-23-28-27-21-19-26(20-22-27)14-10-8-7-9-13-25-17-15-24(12-4-2)16-18-25/h7-8,19-22,24-25H,3-6,11-12,15-18,23H2,1-2H3/b8-7+. The summed E-state index contributed by atoms with van der Waals surface area (Å²) in [6.07, 6.45) is 16.6. The molecular formula is C27H36O. The Labute approximate surface area is 173 Å². The second-order valence-corrected chi connectivity index (χ2v) is 7.83. The molecule has 0 heterocycles. The molecule has 1 aromatic rings. The first kappa shape index (κ1) is 22.2. The molecule has 1 aromatic carbocycles. The highest BCUT2D eigenvalue weighted by Gasteiger charge is 2.18. The summed E-state index contributed by atoms with van der Waals surface area (Å²) in [5, 5.41) is 0. The zero-order valence-electron chi connectivity index (χ0n) is 17.8. The van der Waals surface area contributed by atoms with E-state index >= 15 is 0 Å². The third-order valence-corrected chi connectivity index (χ3v) is 5.42. The molecule has 0 N–H and O–H groups in total. The van der Waals surface area contributed by atoms with Crippen molar-refractivity contribution in [2.75, 3.05) is 6.61 Å². The van der Waals surface area contributed by atoms with Crippen molar-refractivity contribution in [3.63, 3.8) is 0 Å². The van der Waals surface area contributed by atoms with Gasteiger partial charge in [-0.3, -0.25) is 0 Å². The molecule has 0 aromatic heterocycles. The van der Waals surface area contributed by atoms with Crippen LogP contribution in [0.15, 0.2) is 36.4 Å². The van der Waals surface area contributed by atoms with Gasteiger partial charge in [0.1, 0.15) is 5.75 Å². The first-order valence-electron chi connectivity index (χ1n) is 11.2. The molecule has 0 aliphatic heterocycles. The lowest BCUT2D eigenvalue weighted by atomic mass is 9.80. The number of hydrogen-bond acceptors (Lipinski definition) is 1. The minimum Gasteiger partial charge on any atom is -0.494 e. The number of unbranched alkanes of at least 4 members (excludes halogenated alkanes) is 3. The highest BCUT2D eigenvalue weighted by Crippen LogP contribution is 2.30. The maximum atomic E-state index is 5.76. The molecule has 0 saturated heterocycles. The maximum Gasteiger partial charge on any atom is 0.119 e. The Balaban J connectivity index is 1.68. The second kappa shape index (κ2) is 14.0. The van der Waals surface area contributed by atoms with E-state index in [1.165, 1.54) is 57.8 Å². The Bertz CT molecular complexity index is 682. The van der Waals surface area contributed by atoms with E-state index in [1.54, 1.807) is 0 Å². The topological polar surface area (TPSA) is 9.23 Å². The second-order valence-electron chi connectivity index (χ2n) is 7.83. The van der Waals surface area contributed by atoms with E-state index in [-0.39, 0.29) is 0 Å². The van der Waals surface area contributed by atoms with Gasteiger partial charge in [0.15, 0.2) is 0 Å². The summed E-state index contributed by atoms with van der Waals surface area (Å²) in [7, 11) is 0. The average molecular weight is 377 g/mol. The molecule has 0 unspecified atom stereocenters. The lowest BCUT2D eigenvalue weighted by Crippen LogP contribution is -2.12. The van der Waals surface area contributed by atoms with Crippen LogP contribution < -0.4 is 4.74 Å². The lowest BCUT2D eigenvalue weighted by Gasteiger charge is -2.25. The van der Waals surface area contributed by atoms with Crippen LogP contribution in [-0.4, -0.2) is 6.61 Å². The highest BCUT2D eigenvalue weighted by molar-refractivity contribution is 5.40. The van der Waals surface area contributed by atoms with Crippen LogP contribution in [0, 0.1) is 35.5 Å². The summed E-state index contributed by atoms with van der Waals surface area (Å²) in [6, 6.07) is 8.04. The molecule has 1 heteroatoms. The Hall–Kier alpha value is -2.12. The lowest BCUT2D eigenvalue weighted by molar-refractivity contribution is 0.300. The van der Waals surface area contributed by atoms with Crippen molar-refractivity contribution in [3.05, 3.63) is 42.0 Å². The third kappa shape index (κ3) is 9.19. The van der Waals surface area contributed by atoms with E-state index in [2.05, 4.69) is 37.5 Å². The van der Waals surface area contributed by atoms with Gasteiger partial charge in [-0.15, -0.1) is 0 Å². The smallest absolute Gasteiger partial charge is 0.119 e. The monoisotopic (exact) mass is 376 g/mol. The van der Waals surface area contributed by atoms with Crippen LogP contribution in [0.2, 0.25) is 0 Å². The van der Waals surface area contributed by atoms with Crippen LogP contribution in [-0.2, 0) is 0 Å². The SMILES string of the molecule is CCCCCCOc1ccc(C#C/C=C/C#CC2CCC(CCC)CC2)cc1. The van der Waals surface area contributed by atoms with Crippen molar-refractivity contribution >= 4 is 0 Å². The first-order valence-corrected chi connectivity index (χ1v) is 11.2. The summed E-state index contributed by atoms with van der Waals surface area (Å²) in [5.41, 5.74) is 1.00. The van der Waals surface area contributed by atoms with Crippen LogP contribution in [0.4, 0.5) is 0 Å². The average Bonchev–Trinajstić information content (AvgIpc) is 2.73. The number of ether oxygens (including phenoxy) is 1. The van der Waals surface area contributed by atoms with Crippen molar-refractivity contribution in [1.82, 2.24) is 0 Å². The summed E-state index contributed by atoms with van der Waals surface area (Å²) >= 11 is 0. The van der Waals surface area contributed by atoms with Gasteiger partial charge in [-0.2, -0.15) is 0 Å². The third-order valence-electron chi connectivity index (χ3n) is 5.42. The maximum absolute atomic E-state index is 5.76. The summed E-state index contributed by atoms with van der Waals surface area (Å²) in [4.78, 5) is 0. The fourth-order valence-corrected chi connectivity index (χ4v) is 3.73. The molecule has 0 radical (unpaired) electrons. The van der Waals surface area contributed by atoms with E-state index in [9.17, 15) is 0 Å². The van der Waals surface area contributed by atoms with Gasteiger partial charge >= 0.3 is 0 Å².